The maximum Gasteiger partial charge on any atom is 0.315 e. The van der Waals surface area contributed by atoms with Crippen LogP contribution in [0.15, 0.2) is 10.6 Å². The van der Waals surface area contributed by atoms with Crippen LogP contribution in [0.1, 0.15) is 56.4 Å². The second-order valence-corrected chi connectivity index (χ2v) is 6.52. The van der Waals surface area contributed by atoms with Gasteiger partial charge in [0.15, 0.2) is 0 Å². The maximum absolute atomic E-state index is 12.1. The first kappa shape index (κ1) is 18.3. The molecule has 1 aliphatic carbocycles. The molecule has 2 rings (SSSR count). The Balaban J connectivity index is 1.57. The minimum atomic E-state index is -0.124. The minimum Gasteiger partial charge on any atom is -0.361 e. The summed E-state index contributed by atoms with van der Waals surface area (Å²) in [5, 5.41) is 9.71. The van der Waals surface area contributed by atoms with Crippen molar-refractivity contribution in [2.45, 2.75) is 64.5 Å². The lowest BCUT2D eigenvalue weighted by atomic mass is 9.96. The van der Waals surface area contributed by atoms with Crippen LogP contribution in [0.2, 0.25) is 0 Å². The molecule has 0 bridgehead atoms. The summed E-state index contributed by atoms with van der Waals surface area (Å²) in [6.45, 7) is 2.76. The highest BCUT2D eigenvalue weighted by atomic mass is 16.5. The fraction of sp³-hybridized carbons (Fsp3) is 0.706. The van der Waals surface area contributed by atoms with Crippen molar-refractivity contribution in [2.75, 3.05) is 13.6 Å². The SMILES string of the molecule is Cc1cc(CN(C)C(=O)CCCNC(=O)NC2CCCCC2)no1. The zero-order valence-electron chi connectivity index (χ0n) is 14.6. The number of urea groups is 1. The maximum atomic E-state index is 12.1. The molecule has 1 aliphatic rings. The van der Waals surface area contributed by atoms with E-state index in [0.717, 1.165) is 24.3 Å². The summed E-state index contributed by atoms with van der Waals surface area (Å²) in [5.41, 5.74) is 0.744. The predicted octanol–water partition coefficient (Wildman–Crippen LogP) is 2.35. The van der Waals surface area contributed by atoms with Gasteiger partial charge in [-0.05, 0) is 26.2 Å². The Hall–Kier alpha value is -2.05. The summed E-state index contributed by atoms with van der Waals surface area (Å²) in [5.74, 6) is 0.768. The van der Waals surface area contributed by atoms with Crippen molar-refractivity contribution < 1.29 is 14.1 Å². The van der Waals surface area contributed by atoms with Crippen LogP contribution in [0.3, 0.4) is 0 Å². The predicted molar refractivity (Wildman–Crippen MR) is 90.4 cm³/mol. The highest BCUT2D eigenvalue weighted by Crippen LogP contribution is 2.17. The molecule has 0 aliphatic heterocycles. The van der Waals surface area contributed by atoms with E-state index in [4.69, 9.17) is 4.52 Å². The normalized spacial score (nSPS) is 15.1. The molecule has 1 aromatic rings. The van der Waals surface area contributed by atoms with E-state index in [0.29, 0.717) is 32.0 Å². The third kappa shape index (κ3) is 6.22. The molecule has 0 saturated heterocycles. The number of amides is 3. The average Bonchev–Trinajstić information content (AvgIpc) is 2.97. The molecule has 24 heavy (non-hydrogen) atoms. The standard InChI is InChI=1S/C17H28N4O3/c1-13-11-15(20-24-13)12-21(2)16(22)9-6-10-18-17(23)19-14-7-4-3-5-8-14/h11,14H,3-10,12H2,1-2H3,(H2,18,19,23). The van der Waals surface area contributed by atoms with E-state index in [2.05, 4.69) is 15.8 Å². The third-order valence-corrected chi connectivity index (χ3v) is 4.30. The molecular weight excluding hydrogens is 308 g/mol. The van der Waals surface area contributed by atoms with Gasteiger partial charge in [0.1, 0.15) is 11.5 Å². The summed E-state index contributed by atoms with van der Waals surface area (Å²) < 4.78 is 4.99. The van der Waals surface area contributed by atoms with Crippen molar-refractivity contribution in [3.63, 3.8) is 0 Å². The zero-order chi connectivity index (χ0) is 17.4. The van der Waals surface area contributed by atoms with Gasteiger partial charge < -0.3 is 20.1 Å². The fourth-order valence-electron chi connectivity index (χ4n) is 2.94. The smallest absolute Gasteiger partial charge is 0.315 e. The van der Waals surface area contributed by atoms with Gasteiger partial charge in [-0.25, -0.2) is 4.79 Å². The number of nitrogens with one attached hydrogen (secondary N) is 2. The van der Waals surface area contributed by atoms with Gasteiger partial charge in [0.2, 0.25) is 5.91 Å². The average molecular weight is 336 g/mol. The van der Waals surface area contributed by atoms with Gasteiger partial charge in [0, 0.05) is 32.1 Å². The Morgan fingerprint density at radius 3 is 2.75 bits per heavy atom. The molecule has 3 amide bonds. The second-order valence-electron chi connectivity index (χ2n) is 6.52. The van der Waals surface area contributed by atoms with E-state index in [1.54, 1.807) is 11.9 Å². The van der Waals surface area contributed by atoms with Gasteiger partial charge in [0.25, 0.3) is 0 Å². The lowest BCUT2D eigenvalue weighted by Crippen LogP contribution is -2.43. The van der Waals surface area contributed by atoms with Crippen molar-refractivity contribution in [3.8, 4) is 0 Å². The van der Waals surface area contributed by atoms with Crippen LogP contribution in [0.5, 0.6) is 0 Å². The molecule has 2 N–H and O–H groups in total. The van der Waals surface area contributed by atoms with Gasteiger partial charge >= 0.3 is 6.03 Å². The summed E-state index contributed by atoms with van der Waals surface area (Å²) in [7, 11) is 1.75. The lowest BCUT2D eigenvalue weighted by molar-refractivity contribution is -0.130. The second kappa shape index (κ2) is 9.30. The van der Waals surface area contributed by atoms with Crippen LogP contribution in [-0.2, 0) is 11.3 Å². The highest BCUT2D eigenvalue weighted by Gasteiger charge is 2.15. The Morgan fingerprint density at radius 2 is 2.08 bits per heavy atom. The quantitative estimate of drug-likeness (QED) is 0.748. The number of hydrogen-bond acceptors (Lipinski definition) is 4. The number of aryl methyl sites for hydroxylation is 1. The van der Waals surface area contributed by atoms with Gasteiger partial charge in [-0.15, -0.1) is 0 Å². The van der Waals surface area contributed by atoms with Gasteiger partial charge in [-0.3, -0.25) is 4.79 Å². The molecule has 7 heteroatoms. The van der Waals surface area contributed by atoms with E-state index in [1.807, 2.05) is 13.0 Å². The Kier molecular flexibility index (Phi) is 7.08. The topological polar surface area (TPSA) is 87.5 Å². The molecule has 0 spiro atoms. The highest BCUT2D eigenvalue weighted by molar-refractivity contribution is 5.76. The van der Waals surface area contributed by atoms with Crippen LogP contribution < -0.4 is 10.6 Å². The van der Waals surface area contributed by atoms with E-state index < -0.39 is 0 Å². The molecule has 1 aromatic heterocycles. The van der Waals surface area contributed by atoms with Crippen LogP contribution in [0.25, 0.3) is 0 Å². The molecule has 0 atom stereocenters. The largest absolute Gasteiger partial charge is 0.361 e. The van der Waals surface area contributed by atoms with Crippen molar-refractivity contribution >= 4 is 11.9 Å². The van der Waals surface area contributed by atoms with E-state index in [-0.39, 0.29) is 11.9 Å². The van der Waals surface area contributed by atoms with Crippen molar-refractivity contribution in [2.24, 2.45) is 0 Å². The lowest BCUT2D eigenvalue weighted by Gasteiger charge is -2.22. The summed E-state index contributed by atoms with van der Waals surface area (Å²) in [6.07, 6.45) is 6.81. The number of hydrogen-bond donors (Lipinski definition) is 2. The van der Waals surface area contributed by atoms with Crippen LogP contribution in [-0.4, -0.2) is 41.6 Å². The van der Waals surface area contributed by atoms with E-state index in [9.17, 15) is 9.59 Å². The van der Waals surface area contributed by atoms with E-state index in [1.165, 1.54) is 19.3 Å². The number of nitrogens with zero attached hydrogens (tertiary/aromatic N) is 2. The third-order valence-electron chi connectivity index (χ3n) is 4.30. The Morgan fingerprint density at radius 1 is 1.33 bits per heavy atom. The molecule has 1 fully saturated rings. The summed E-state index contributed by atoms with van der Waals surface area (Å²) in [6, 6.07) is 2.00. The number of carbonyl (C=O) groups excluding carboxylic acids is 2. The number of carbonyl (C=O) groups is 2. The summed E-state index contributed by atoms with van der Waals surface area (Å²) >= 11 is 0. The minimum absolute atomic E-state index is 0.0325. The zero-order valence-corrected chi connectivity index (χ0v) is 14.6. The number of rotatable bonds is 7. The Bertz CT molecular complexity index is 538. The fourth-order valence-corrected chi connectivity index (χ4v) is 2.94. The first-order chi connectivity index (χ1) is 11.5. The molecule has 1 heterocycles. The summed E-state index contributed by atoms with van der Waals surface area (Å²) in [4.78, 5) is 25.5. The molecule has 0 unspecified atom stereocenters. The van der Waals surface area contributed by atoms with Gasteiger partial charge in [-0.2, -0.15) is 0 Å². The molecule has 1 saturated carbocycles. The van der Waals surface area contributed by atoms with Crippen molar-refractivity contribution in [1.82, 2.24) is 20.7 Å². The van der Waals surface area contributed by atoms with Crippen molar-refractivity contribution in [1.29, 1.82) is 0 Å². The van der Waals surface area contributed by atoms with Gasteiger partial charge in [0.05, 0.1) is 6.54 Å². The molecule has 134 valence electrons. The molecule has 7 nitrogen and oxygen atoms in total. The van der Waals surface area contributed by atoms with Crippen LogP contribution >= 0.6 is 0 Å². The van der Waals surface area contributed by atoms with Crippen LogP contribution in [0, 0.1) is 6.92 Å². The number of aromatic nitrogens is 1. The van der Waals surface area contributed by atoms with E-state index >= 15 is 0 Å². The molecule has 0 aromatic carbocycles. The first-order valence-electron chi connectivity index (χ1n) is 8.75. The monoisotopic (exact) mass is 336 g/mol. The Labute approximate surface area is 143 Å². The van der Waals surface area contributed by atoms with Crippen molar-refractivity contribution in [3.05, 3.63) is 17.5 Å². The van der Waals surface area contributed by atoms with Gasteiger partial charge in [-0.1, -0.05) is 24.4 Å². The first-order valence-corrected chi connectivity index (χ1v) is 8.75. The molecular formula is C17H28N4O3. The molecule has 0 radical (unpaired) electrons. The van der Waals surface area contributed by atoms with Crippen LogP contribution in [0.4, 0.5) is 4.79 Å².